The van der Waals surface area contributed by atoms with E-state index in [0.717, 1.165) is 11.1 Å². The maximum absolute atomic E-state index is 12.6. The third kappa shape index (κ3) is 1.88. The number of rotatable bonds is 2. The molecule has 2 heterocycles. The van der Waals surface area contributed by atoms with Crippen LogP contribution >= 0.6 is 0 Å². The minimum absolute atomic E-state index is 0.0762. The van der Waals surface area contributed by atoms with Crippen LogP contribution in [0.3, 0.4) is 0 Å². The molecule has 0 atom stereocenters. The van der Waals surface area contributed by atoms with Gasteiger partial charge in [0.25, 0.3) is 0 Å². The fraction of sp³-hybridized carbons (Fsp3) is 0.0588. The average Bonchev–Trinajstić information content (AvgIpc) is 2.86. The van der Waals surface area contributed by atoms with Crippen molar-refractivity contribution in [1.29, 1.82) is 5.26 Å². The minimum atomic E-state index is -0.0762. The Morgan fingerprint density at radius 3 is 2.60 bits per heavy atom. The predicted octanol–water partition coefficient (Wildman–Crippen LogP) is 3.35. The molecule has 20 heavy (non-hydrogen) atoms. The van der Waals surface area contributed by atoms with E-state index in [1.807, 2.05) is 49.4 Å². The average molecular weight is 260 g/mol. The molecule has 0 N–H and O–H groups in total. The van der Waals surface area contributed by atoms with Crippen LogP contribution < -0.4 is 0 Å². The number of carbonyl (C=O) groups is 1. The highest BCUT2D eigenvalue weighted by Crippen LogP contribution is 2.19. The molecule has 0 fully saturated rings. The topological polar surface area (TPSA) is 45.3 Å². The number of nitrogens with zero attached hydrogens (tertiary/aromatic N) is 2. The lowest BCUT2D eigenvalue weighted by Gasteiger charge is -2.02. The summed E-state index contributed by atoms with van der Waals surface area (Å²) in [7, 11) is 0. The monoisotopic (exact) mass is 260 g/mol. The van der Waals surface area contributed by atoms with Crippen molar-refractivity contribution in [2.24, 2.45) is 0 Å². The number of hydrogen-bond donors (Lipinski definition) is 0. The Morgan fingerprint density at radius 2 is 1.90 bits per heavy atom. The number of aryl methyl sites for hydroxylation is 1. The highest BCUT2D eigenvalue weighted by atomic mass is 16.1. The van der Waals surface area contributed by atoms with E-state index < -0.39 is 0 Å². The Morgan fingerprint density at radius 1 is 1.15 bits per heavy atom. The molecule has 0 aliphatic heterocycles. The predicted molar refractivity (Wildman–Crippen MR) is 76.7 cm³/mol. The molecule has 0 radical (unpaired) electrons. The molecule has 0 spiro atoms. The van der Waals surface area contributed by atoms with Gasteiger partial charge in [-0.25, -0.2) is 0 Å². The summed E-state index contributed by atoms with van der Waals surface area (Å²) in [5, 5.41) is 9.16. The number of fused-ring (bicyclic) bond motifs is 1. The van der Waals surface area contributed by atoms with Crippen molar-refractivity contribution in [2.75, 3.05) is 0 Å². The van der Waals surface area contributed by atoms with Crippen LogP contribution in [0.2, 0.25) is 0 Å². The van der Waals surface area contributed by atoms with E-state index in [4.69, 9.17) is 5.26 Å². The molecule has 3 rings (SSSR count). The van der Waals surface area contributed by atoms with E-state index in [1.54, 1.807) is 16.7 Å². The van der Waals surface area contributed by atoms with Crippen LogP contribution in [-0.4, -0.2) is 10.2 Å². The zero-order valence-electron chi connectivity index (χ0n) is 11.0. The molecule has 3 aromatic rings. The zero-order valence-corrected chi connectivity index (χ0v) is 11.0. The second kappa shape index (κ2) is 4.67. The van der Waals surface area contributed by atoms with Crippen molar-refractivity contribution in [3.63, 3.8) is 0 Å². The number of nitriles is 1. The summed E-state index contributed by atoms with van der Waals surface area (Å²) in [5.41, 5.74) is 3.52. The Kier molecular flexibility index (Phi) is 2.85. The molecule has 0 saturated heterocycles. The highest BCUT2D eigenvalue weighted by Gasteiger charge is 2.16. The quantitative estimate of drug-likeness (QED) is 0.663. The van der Waals surface area contributed by atoms with Gasteiger partial charge in [-0.3, -0.25) is 4.79 Å². The van der Waals surface area contributed by atoms with E-state index in [0.29, 0.717) is 16.8 Å². The maximum atomic E-state index is 12.6. The smallest absolute Gasteiger partial charge is 0.209 e. The van der Waals surface area contributed by atoms with Gasteiger partial charge >= 0.3 is 0 Å². The van der Waals surface area contributed by atoms with Crippen molar-refractivity contribution in [3.8, 4) is 6.07 Å². The van der Waals surface area contributed by atoms with E-state index in [9.17, 15) is 4.79 Å². The van der Waals surface area contributed by atoms with Crippen molar-refractivity contribution < 1.29 is 4.79 Å². The molecule has 1 aromatic carbocycles. The van der Waals surface area contributed by atoms with Gasteiger partial charge in [0.2, 0.25) is 5.78 Å². The molecule has 0 bridgehead atoms. The summed E-state index contributed by atoms with van der Waals surface area (Å²) in [6.45, 7) is 1.98. The fourth-order valence-corrected chi connectivity index (χ4v) is 2.27. The number of hydrogen-bond acceptors (Lipinski definition) is 2. The summed E-state index contributed by atoms with van der Waals surface area (Å²) in [6.07, 6.45) is 1.80. The molecule has 96 valence electrons. The zero-order chi connectivity index (χ0) is 14.1. The van der Waals surface area contributed by atoms with Gasteiger partial charge in [-0.05, 0) is 25.1 Å². The Hall–Kier alpha value is -2.86. The summed E-state index contributed by atoms with van der Waals surface area (Å²) in [5.74, 6) is -0.0762. The second-order valence-corrected chi connectivity index (χ2v) is 4.71. The van der Waals surface area contributed by atoms with Crippen LogP contribution in [0.5, 0.6) is 0 Å². The third-order valence-electron chi connectivity index (χ3n) is 3.34. The lowest BCUT2D eigenvalue weighted by Crippen LogP contribution is -2.04. The van der Waals surface area contributed by atoms with Crippen molar-refractivity contribution in [3.05, 3.63) is 77.1 Å². The Labute approximate surface area is 116 Å². The van der Waals surface area contributed by atoms with E-state index >= 15 is 0 Å². The summed E-state index contributed by atoms with van der Waals surface area (Å²) in [4.78, 5) is 12.6. The van der Waals surface area contributed by atoms with Crippen LogP contribution in [0.15, 0.2) is 54.7 Å². The summed E-state index contributed by atoms with van der Waals surface area (Å²) >= 11 is 0. The largest absolute Gasteiger partial charge is 0.312 e. The molecular formula is C17H12N2O. The van der Waals surface area contributed by atoms with Gasteiger partial charge in [0, 0.05) is 11.8 Å². The molecule has 0 aliphatic carbocycles. The molecule has 0 unspecified atom stereocenters. The molecule has 0 aliphatic rings. The number of pyridine rings is 1. The number of carbonyl (C=O) groups excluding carboxylic acids is 1. The summed E-state index contributed by atoms with van der Waals surface area (Å²) < 4.78 is 1.76. The maximum Gasteiger partial charge on any atom is 0.209 e. The van der Waals surface area contributed by atoms with Crippen LogP contribution in [0.25, 0.3) is 5.52 Å². The highest BCUT2D eigenvalue weighted by molar-refractivity contribution is 6.09. The van der Waals surface area contributed by atoms with Crippen LogP contribution in [0.4, 0.5) is 0 Å². The molecule has 0 saturated carbocycles. The molecular weight excluding hydrogens is 248 g/mol. The SMILES string of the molecule is Cc1ccc(C(=O)c2cc(C#N)c3ccccn23)cc1. The van der Waals surface area contributed by atoms with Gasteiger partial charge in [-0.2, -0.15) is 5.26 Å². The van der Waals surface area contributed by atoms with Crippen molar-refractivity contribution >= 4 is 11.3 Å². The van der Waals surface area contributed by atoms with Gasteiger partial charge < -0.3 is 4.40 Å². The van der Waals surface area contributed by atoms with Crippen molar-refractivity contribution in [1.82, 2.24) is 4.40 Å². The molecule has 2 aromatic heterocycles. The second-order valence-electron chi connectivity index (χ2n) is 4.71. The lowest BCUT2D eigenvalue weighted by molar-refractivity contribution is 0.103. The van der Waals surface area contributed by atoms with Gasteiger partial charge in [-0.15, -0.1) is 0 Å². The van der Waals surface area contributed by atoms with Crippen LogP contribution in [-0.2, 0) is 0 Å². The normalized spacial score (nSPS) is 10.4. The van der Waals surface area contributed by atoms with E-state index in [2.05, 4.69) is 6.07 Å². The van der Waals surface area contributed by atoms with Gasteiger partial charge in [-0.1, -0.05) is 35.9 Å². The van der Waals surface area contributed by atoms with Gasteiger partial charge in [0.15, 0.2) is 0 Å². The first-order valence-electron chi connectivity index (χ1n) is 6.32. The van der Waals surface area contributed by atoms with Gasteiger partial charge in [0.05, 0.1) is 16.8 Å². The number of aromatic nitrogens is 1. The first kappa shape index (κ1) is 12.2. The van der Waals surface area contributed by atoms with E-state index in [-0.39, 0.29) is 5.78 Å². The Balaban J connectivity index is 2.17. The van der Waals surface area contributed by atoms with E-state index in [1.165, 1.54) is 0 Å². The summed E-state index contributed by atoms with van der Waals surface area (Å²) in [6, 6.07) is 16.8. The minimum Gasteiger partial charge on any atom is -0.312 e. The number of benzene rings is 1. The van der Waals surface area contributed by atoms with Gasteiger partial charge in [0.1, 0.15) is 6.07 Å². The molecule has 3 nitrogen and oxygen atoms in total. The third-order valence-corrected chi connectivity index (χ3v) is 3.34. The number of ketones is 1. The van der Waals surface area contributed by atoms with Crippen molar-refractivity contribution in [2.45, 2.75) is 6.92 Å². The molecule has 0 amide bonds. The van der Waals surface area contributed by atoms with Crippen LogP contribution in [0.1, 0.15) is 27.2 Å². The van der Waals surface area contributed by atoms with Crippen LogP contribution in [0, 0.1) is 18.3 Å². The fourth-order valence-electron chi connectivity index (χ4n) is 2.27. The molecule has 3 heteroatoms. The standard InChI is InChI=1S/C17H12N2O/c1-12-5-7-13(8-6-12)17(20)16-10-14(11-18)15-4-2-3-9-19(15)16/h2-10H,1H3. The lowest BCUT2D eigenvalue weighted by atomic mass is 10.1. The first-order chi connectivity index (χ1) is 9.70. The Bertz CT molecular complexity index is 836. The first-order valence-corrected chi connectivity index (χ1v) is 6.32.